The Morgan fingerprint density at radius 1 is 1.58 bits per heavy atom. The summed E-state index contributed by atoms with van der Waals surface area (Å²) in [5.74, 6) is 0.511. The SMILES string of the molecule is C/C(=C/C(=O)N1CCC(CN)C1)c1cccc(Cl)c1. The van der Waals surface area contributed by atoms with E-state index < -0.39 is 0 Å². The van der Waals surface area contributed by atoms with Gasteiger partial charge in [0.25, 0.3) is 0 Å². The third-order valence-electron chi connectivity index (χ3n) is 3.55. The second kappa shape index (κ2) is 6.22. The van der Waals surface area contributed by atoms with Crippen molar-refractivity contribution in [3.63, 3.8) is 0 Å². The molecule has 19 heavy (non-hydrogen) atoms. The predicted octanol–water partition coefficient (Wildman–Crippen LogP) is 2.55. The highest BCUT2D eigenvalue weighted by atomic mass is 35.5. The molecule has 1 atom stereocenters. The van der Waals surface area contributed by atoms with Crippen LogP contribution in [0.5, 0.6) is 0 Å². The molecule has 1 aliphatic rings. The van der Waals surface area contributed by atoms with Gasteiger partial charge in [-0.3, -0.25) is 4.79 Å². The Morgan fingerprint density at radius 2 is 2.37 bits per heavy atom. The van der Waals surface area contributed by atoms with E-state index in [0.29, 0.717) is 17.5 Å². The monoisotopic (exact) mass is 278 g/mol. The lowest BCUT2D eigenvalue weighted by Crippen LogP contribution is -2.28. The minimum atomic E-state index is 0.0634. The smallest absolute Gasteiger partial charge is 0.246 e. The quantitative estimate of drug-likeness (QED) is 0.864. The molecule has 0 radical (unpaired) electrons. The molecule has 4 heteroatoms. The van der Waals surface area contributed by atoms with E-state index in [1.54, 1.807) is 6.08 Å². The zero-order chi connectivity index (χ0) is 13.8. The van der Waals surface area contributed by atoms with Crippen molar-refractivity contribution in [3.8, 4) is 0 Å². The average molecular weight is 279 g/mol. The van der Waals surface area contributed by atoms with E-state index in [2.05, 4.69) is 0 Å². The molecule has 0 bridgehead atoms. The summed E-state index contributed by atoms with van der Waals surface area (Å²) in [6, 6.07) is 7.54. The number of hydrogen-bond donors (Lipinski definition) is 1. The zero-order valence-electron chi connectivity index (χ0n) is 11.1. The van der Waals surface area contributed by atoms with Crippen LogP contribution < -0.4 is 5.73 Å². The topological polar surface area (TPSA) is 46.3 Å². The van der Waals surface area contributed by atoms with Gasteiger partial charge in [0.1, 0.15) is 0 Å². The second-order valence-electron chi connectivity index (χ2n) is 5.01. The molecule has 1 aliphatic heterocycles. The molecule has 0 aliphatic carbocycles. The summed E-state index contributed by atoms with van der Waals surface area (Å²) in [5.41, 5.74) is 7.55. The number of carbonyl (C=O) groups excluding carboxylic acids is 1. The Morgan fingerprint density at radius 3 is 3.00 bits per heavy atom. The number of nitrogens with zero attached hydrogens (tertiary/aromatic N) is 1. The summed E-state index contributed by atoms with van der Waals surface area (Å²) in [7, 11) is 0. The first kappa shape index (κ1) is 14.1. The lowest BCUT2D eigenvalue weighted by Gasteiger charge is -2.14. The highest BCUT2D eigenvalue weighted by Gasteiger charge is 2.23. The van der Waals surface area contributed by atoms with Gasteiger partial charge in [-0.05, 0) is 49.1 Å². The third kappa shape index (κ3) is 3.58. The average Bonchev–Trinajstić information content (AvgIpc) is 2.87. The van der Waals surface area contributed by atoms with Crippen LogP contribution >= 0.6 is 11.6 Å². The van der Waals surface area contributed by atoms with Crippen LogP contribution in [0.15, 0.2) is 30.3 Å². The van der Waals surface area contributed by atoms with Gasteiger partial charge in [-0.2, -0.15) is 0 Å². The molecule has 2 rings (SSSR count). The minimum absolute atomic E-state index is 0.0634. The van der Waals surface area contributed by atoms with Crippen molar-refractivity contribution in [1.29, 1.82) is 0 Å². The van der Waals surface area contributed by atoms with Gasteiger partial charge in [0.2, 0.25) is 5.91 Å². The Bertz CT molecular complexity index is 499. The van der Waals surface area contributed by atoms with E-state index in [1.807, 2.05) is 36.1 Å². The fraction of sp³-hybridized carbons (Fsp3) is 0.400. The van der Waals surface area contributed by atoms with Crippen molar-refractivity contribution in [3.05, 3.63) is 40.9 Å². The number of likely N-dealkylation sites (tertiary alicyclic amines) is 1. The molecule has 0 aromatic heterocycles. The molecule has 0 spiro atoms. The Kier molecular flexibility index (Phi) is 4.61. The van der Waals surface area contributed by atoms with Crippen molar-refractivity contribution in [2.24, 2.45) is 11.7 Å². The Hall–Kier alpha value is -1.32. The fourth-order valence-electron chi connectivity index (χ4n) is 2.32. The van der Waals surface area contributed by atoms with Gasteiger partial charge in [-0.1, -0.05) is 23.7 Å². The van der Waals surface area contributed by atoms with Gasteiger partial charge in [-0.15, -0.1) is 0 Å². The highest BCUT2D eigenvalue weighted by Crippen LogP contribution is 2.20. The molecule has 102 valence electrons. The predicted molar refractivity (Wildman–Crippen MR) is 78.8 cm³/mol. The molecule has 1 aromatic rings. The number of benzene rings is 1. The molecule has 1 heterocycles. The summed E-state index contributed by atoms with van der Waals surface area (Å²) in [4.78, 5) is 14.0. The first-order valence-electron chi connectivity index (χ1n) is 6.53. The van der Waals surface area contributed by atoms with Crippen LogP contribution in [-0.2, 0) is 4.79 Å². The molecule has 0 saturated carbocycles. The number of nitrogens with two attached hydrogens (primary N) is 1. The highest BCUT2D eigenvalue weighted by molar-refractivity contribution is 6.30. The van der Waals surface area contributed by atoms with Crippen LogP contribution in [0.1, 0.15) is 18.9 Å². The minimum Gasteiger partial charge on any atom is -0.339 e. The fourth-order valence-corrected chi connectivity index (χ4v) is 2.51. The maximum Gasteiger partial charge on any atom is 0.246 e. The van der Waals surface area contributed by atoms with Gasteiger partial charge in [0, 0.05) is 24.2 Å². The Balaban J connectivity index is 2.06. The lowest BCUT2D eigenvalue weighted by molar-refractivity contribution is -0.125. The van der Waals surface area contributed by atoms with E-state index in [0.717, 1.165) is 30.6 Å². The van der Waals surface area contributed by atoms with Crippen LogP contribution in [0.2, 0.25) is 5.02 Å². The first-order chi connectivity index (χ1) is 9.10. The molecule has 1 saturated heterocycles. The van der Waals surface area contributed by atoms with E-state index in [4.69, 9.17) is 17.3 Å². The van der Waals surface area contributed by atoms with E-state index >= 15 is 0 Å². The molecule has 1 unspecified atom stereocenters. The van der Waals surface area contributed by atoms with Crippen molar-refractivity contribution < 1.29 is 4.79 Å². The van der Waals surface area contributed by atoms with Gasteiger partial charge in [-0.25, -0.2) is 0 Å². The van der Waals surface area contributed by atoms with Crippen LogP contribution in [0.4, 0.5) is 0 Å². The van der Waals surface area contributed by atoms with Gasteiger partial charge < -0.3 is 10.6 Å². The largest absolute Gasteiger partial charge is 0.339 e. The molecule has 3 nitrogen and oxygen atoms in total. The molecular weight excluding hydrogens is 260 g/mol. The number of hydrogen-bond acceptors (Lipinski definition) is 2. The molecular formula is C15H19ClN2O. The number of rotatable bonds is 3. The van der Waals surface area contributed by atoms with Crippen LogP contribution in [-0.4, -0.2) is 30.4 Å². The summed E-state index contributed by atoms with van der Waals surface area (Å²) in [6.45, 7) is 4.16. The Labute approximate surface area is 119 Å². The van der Waals surface area contributed by atoms with Gasteiger partial charge in [0.05, 0.1) is 0 Å². The van der Waals surface area contributed by atoms with E-state index in [1.165, 1.54) is 0 Å². The van der Waals surface area contributed by atoms with Crippen molar-refractivity contribution >= 4 is 23.1 Å². The number of carbonyl (C=O) groups is 1. The molecule has 1 amide bonds. The van der Waals surface area contributed by atoms with Crippen molar-refractivity contribution in [2.45, 2.75) is 13.3 Å². The van der Waals surface area contributed by atoms with Gasteiger partial charge in [0.15, 0.2) is 0 Å². The van der Waals surface area contributed by atoms with Crippen LogP contribution in [0.25, 0.3) is 5.57 Å². The molecule has 1 aromatic carbocycles. The lowest BCUT2D eigenvalue weighted by atomic mass is 10.1. The summed E-state index contributed by atoms with van der Waals surface area (Å²) in [5, 5.41) is 0.682. The number of allylic oxidation sites excluding steroid dienone is 1. The standard InChI is InChI=1S/C15H19ClN2O/c1-11(13-3-2-4-14(16)8-13)7-15(19)18-6-5-12(9-17)10-18/h2-4,7-8,12H,5-6,9-10,17H2,1H3/b11-7-. The van der Waals surface area contributed by atoms with E-state index in [9.17, 15) is 4.79 Å². The maximum absolute atomic E-state index is 12.2. The normalized spacial score (nSPS) is 19.8. The van der Waals surface area contributed by atoms with Crippen molar-refractivity contribution in [1.82, 2.24) is 4.90 Å². The van der Waals surface area contributed by atoms with E-state index in [-0.39, 0.29) is 5.91 Å². The molecule has 1 fully saturated rings. The number of halogens is 1. The maximum atomic E-state index is 12.2. The summed E-state index contributed by atoms with van der Waals surface area (Å²) < 4.78 is 0. The summed E-state index contributed by atoms with van der Waals surface area (Å²) in [6.07, 6.45) is 2.69. The number of amides is 1. The molecule has 2 N–H and O–H groups in total. The van der Waals surface area contributed by atoms with Crippen LogP contribution in [0.3, 0.4) is 0 Å². The van der Waals surface area contributed by atoms with Crippen LogP contribution in [0, 0.1) is 5.92 Å². The third-order valence-corrected chi connectivity index (χ3v) is 3.79. The second-order valence-corrected chi connectivity index (χ2v) is 5.45. The zero-order valence-corrected chi connectivity index (χ0v) is 11.9. The summed E-state index contributed by atoms with van der Waals surface area (Å²) >= 11 is 5.95. The van der Waals surface area contributed by atoms with Gasteiger partial charge >= 0.3 is 0 Å². The van der Waals surface area contributed by atoms with Crippen molar-refractivity contribution in [2.75, 3.05) is 19.6 Å². The first-order valence-corrected chi connectivity index (χ1v) is 6.91.